The van der Waals surface area contributed by atoms with E-state index >= 15 is 0 Å². The van der Waals surface area contributed by atoms with Crippen LogP contribution < -0.4 is 29.6 Å². The Balaban J connectivity index is -0.0000000750. The molecule has 0 spiro atoms. The number of hydrogen-bond acceptors (Lipinski definition) is 5. The van der Waals surface area contributed by atoms with Crippen LogP contribution >= 0.6 is 0 Å². The first kappa shape index (κ1) is 15.9. The van der Waals surface area contributed by atoms with Crippen LogP contribution in [0.1, 0.15) is 0 Å². The Kier molecular flexibility index (Phi) is 15.5. The third kappa shape index (κ3) is 365. The molecule has 8 heavy (non-hydrogen) atoms. The zero-order valence-electron chi connectivity index (χ0n) is 3.97. The van der Waals surface area contributed by atoms with Crippen molar-refractivity contribution in [2.75, 3.05) is 0 Å². The molecule has 46 valence electrons. The summed E-state index contributed by atoms with van der Waals surface area (Å²) >= 11 is 0. The molecular formula is H3NaO6S. The minimum absolute atomic E-state index is 0. The molecular weight excluding hydrogens is 151 g/mol. The van der Waals surface area contributed by atoms with Gasteiger partial charge in [0.25, 0.3) is 0 Å². The molecule has 0 amide bonds. The van der Waals surface area contributed by atoms with Gasteiger partial charge in [-0.1, -0.05) is 0 Å². The van der Waals surface area contributed by atoms with Crippen molar-refractivity contribution in [3.8, 4) is 0 Å². The minimum atomic E-state index is -4.92. The van der Waals surface area contributed by atoms with E-state index in [1.165, 1.54) is 0 Å². The fraction of sp³-hybridized carbons (Fsp3) is 0. The van der Waals surface area contributed by atoms with E-state index in [0.29, 0.717) is 0 Å². The predicted molar refractivity (Wildman–Crippen MR) is 17.6 cm³/mol. The van der Waals surface area contributed by atoms with Crippen molar-refractivity contribution in [3.63, 3.8) is 0 Å². The third-order valence-corrected chi connectivity index (χ3v) is 0. The summed E-state index contributed by atoms with van der Waals surface area (Å²) in [6, 6.07) is 0. The molecule has 0 unspecified atom stereocenters. The first-order valence-corrected chi connectivity index (χ1v) is 2.25. The minimum Gasteiger partial charge on any atom is -0.726 e. The standard InChI is InChI=1S/Na.H2O4S.H2O2/c;1-5(2,3)4;1-2/h;(H2,1,2,3,4);1-2H/q+1;;/p-1. The zero-order chi connectivity index (χ0) is 6.50. The van der Waals surface area contributed by atoms with Gasteiger partial charge in [-0.05, 0) is 0 Å². The Bertz CT molecular complexity index is 91.7. The summed E-state index contributed by atoms with van der Waals surface area (Å²) in [4.78, 5) is 0. The van der Waals surface area contributed by atoms with E-state index in [4.69, 9.17) is 28.0 Å². The van der Waals surface area contributed by atoms with E-state index in [2.05, 4.69) is 0 Å². The Labute approximate surface area is 67.9 Å². The molecule has 0 bridgehead atoms. The summed E-state index contributed by atoms with van der Waals surface area (Å²) in [7, 11) is -4.92. The SMILES string of the molecule is O=S(=O)([O-])O.OO.[Na+]. The van der Waals surface area contributed by atoms with Gasteiger partial charge in [0.2, 0.25) is 10.4 Å². The molecule has 6 nitrogen and oxygen atoms in total. The molecule has 0 radical (unpaired) electrons. The van der Waals surface area contributed by atoms with Crippen LogP contribution in [0.2, 0.25) is 0 Å². The van der Waals surface area contributed by atoms with Gasteiger partial charge in [0.15, 0.2) is 0 Å². The molecule has 0 atom stereocenters. The van der Waals surface area contributed by atoms with Gasteiger partial charge in [-0.25, -0.2) is 8.42 Å². The molecule has 8 heteroatoms. The van der Waals surface area contributed by atoms with Crippen LogP contribution in [0.5, 0.6) is 0 Å². The van der Waals surface area contributed by atoms with Gasteiger partial charge in [-0.15, -0.1) is 0 Å². The second-order valence-electron chi connectivity index (χ2n) is 0.428. The molecule has 0 aliphatic rings. The number of hydrogen-bond donors (Lipinski definition) is 3. The molecule has 0 rings (SSSR count). The van der Waals surface area contributed by atoms with Crippen molar-refractivity contribution in [1.82, 2.24) is 0 Å². The van der Waals surface area contributed by atoms with Crippen LogP contribution in [-0.2, 0) is 10.4 Å². The van der Waals surface area contributed by atoms with Crippen LogP contribution in [0.15, 0.2) is 0 Å². The molecule has 0 aromatic heterocycles. The van der Waals surface area contributed by atoms with Gasteiger partial charge in [0, 0.05) is 0 Å². The Morgan fingerprint density at radius 1 is 1.25 bits per heavy atom. The van der Waals surface area contributed by atoms with Crippen LogP contribution in [-0.4, -0.2) is 28.0 Å². The van der Waals surface area contributed by atoms with Crippen molar-refractivity contribution >= 4 is 10.4 Å². The second kappa shape index (κ2) is 7.79. The molecule has 0 saturated carbocycles. The summed E-state index contributed by atoms with van der Waals surface area (Å²) < 4.78 is 32.8. The van der Waals surface area contributed by atoms with Crippen LogP contribution in [0.3, 0.4) is 0 Å². The van der Waals surface area contributed by atoms with Crippen molar-refractivity contribution in [1.29, 1.82) is 0 Å². The molecule has 3 N–H and O–H groups in total. The summed E-state index contributed by atoms with van der Waals surface area (Å²) in [6.45, 7) is 0. The fourth-order valence-electron chi connectivity index (χ4n) is 0. The van der Waals surface area contributed by atoms with Crippen molar-refractivity contribution in [3.05, 3.63) is 0 Å². The average molecular weight is 154 g/mol. The molecule has 0 aliphatic carbocycles. The summed E-state index contributed by atoms with van der Waals surface area (Å²) in [5.74, 6) is 0. The van der Waals surface area contributed by atoms with Gasteiger partial charge in [0.05, 0.1) is 0 Å². The van der Waals surface area contributed by atoms with Gasteiger partial charge in [0.1, 0.15) is 0 Å². The topological polar surface area (TPSA) is 118 Å². The van der Waals surface area contributed by atoms with Crippen molar-refractivity contribution in [2.24, 2.45) is 0 Å². The van der Waals surface area contributed by atoms with Crippen molar-refractivity contribution < 1.29 is 57.6 Å². The van der Waals surface area contributed by atoms with E-state index in [1.54, 1.807) is 0 Å². The molecule has 0 fully saturated rings. The smallest absolute Gasteiger partial charge is 0.726 e. The predicted octanol–water partition coefficient (Wildman–Crippen LogP) is -3.97. The maximum absolute atomic E-state index is 8.63. The Morgan fingerprint density at radius 3 is 1.25 bits per heavy atom. The maximum atomic E-state index is 8.63. The average Bonchev–Trinajstić information content (AvgIpc) is 1.36. The van der Waals surface area contributed by atoms with E-state index in [9.17, 15) is 0 Å². The zero-order valence-corrected chi connectivity index (χ0v) is 6.79. The first-order valence-electron chi connectivity index (χ1n) is 0.883. The normalized spacial score (nSPS) is 8.00. The molecule has 0 aromatic carbocycles. The van der Waals surface area contributed by atoms with Crippen LogP contribution in [0.4, 0.5) is 0 Å². The number of rotatable bonds is 0. The molecule has 0 aliphatic heterocycles. The Hall–Kier alpha value is 0.790. The first-order chi connectivity index (χ1) is 3.00. The van der Waals surface area contributed by atoms with E-state index in [0.717, 1.165) is 0 Å². The van der Waals surface area contributed by atoms with Gasteiger partial charge in [-0.3, -0.25) is 15.1 Å². The third-order valence-electron chi connectivity index (χ3n) is 0. The van der Waals surface area contributed by atoms with Crippen LogP contribution in [0, 0.1) is 0 Å². The second-order valence-corrected chi connectivity index (χ2v) is 1.28. The summed E-state index contributed by atoms with van der Waals surface area (Å²) in [5, 5.41) is 12.0. The monoisotopic (exact) mass is 154 g/mol. The van der Waals surface area contributed by atoms with E-state index in [-0.39, 0.29) is 29.6 Å². The van der Waals surface area contributed by atoms with Gasteiger partial charge >= 0.3 is 29.6 Å². The summed E-state index contributed by atoms with van der Waals surface area (Å²) in [5.41, 5.74) is 0. The van der Waals surface area contributed by atoms with Gasteiger partial charge < -0.3 is 4.55 Å². The Morgan fingerprint density at radius 2 is 1.25 bits per heavy atom. The van der Waals surface area contributed by atoms with Crippen LogP contribution in [0.25, 0.3) is 0 Å². The molecule has 0 saturated heterocycles. The van der Waals surface area contributed by atoms with E-state index < -0.39 is 10.4 Å². The summed E-state index contributed by atoms with van der Waals surface area (Å²) in [6.07, 6.45) is 0. The van der Waals surface area contributed by atoms with Crippen molar-refractivity contribution in [2.45, 2.75) is 0 Å². The molecule has 0 aromatic rings. The maximum Gasteiger partial charge on any atom is 1.00 e. The fourth-order valence-corrected chi connectivity index (χ4v) is 0. The van der Waals surface area contributed by atoms with E-state index in [1.807, 2.05) is 0 Å². The largest absolute Gasteiger partial charge is 1.00 e. The van der Waals surface area contributed by atoms with Gasteiger partial charge in [-0.2, -0.15) is 0 Å². The quantitative estimate of drug-likeness (QED) is 0.108. The molecule has 0 heterocycles.